The first-order valence-corrected chi connectivity index (χ1v) is 5.13. The zero-order valence-electron chi connectivity index (χ0n) is 8.64. The third-order valence-corrected chi connectivity index (χ3v) is 2.58. The minimum absolute atomic E-state index is 0.198. The number of hydrogen-bond donors (Lipinski definition) is 1. The van der Waals surface area contributed by atoms with Crippen LogP contribution in [0.3, 0.4) is 0 Å². The lowest BCUT2D eigenvalue weighted by molar-refractivity contribution is -0.146. The Kier molecular flexibility index (Phi) is 2.67. The molecule has 0 bridgehead atoms. The van der Waals surface area contributed by atoms with E-state index < -0.39 is 12.1 Å². The summed E-state index contributed by atoms with van der Waals surface area (Å²) >= 11 is 0. The fourth-order valence-corrected chi connectivity index (χ4v) is 1.51. The van der Waals surface area contributed by atoms with E-state index in [1.165, 1.54) is 0 Å². The summed E-state index contributed by atoms with van der Waals surface area (Å²) in [4.78, 5) is 10.9. The molecule has 2 rings (SSSR count). The molecule has 0 heterocycles. The Balaban J connectivity index is 2.05. The summed E-state index contributed by atoms with van der Waals surface area (Å²) < 4.78 is 5.46. The van der Waals surface area contributed by atoms with Crippen LogP contribution in [0.15, 0.2) is 24.3 Å². The van der Waals surface area contributed by atoms with Gasteiger partial charge in [0.2, 0.25) is 0 Å². The van der Waals surface area contributed by atoms with E-state index in [9.17, 15) is 4.79 Å². The Labute approximate surface area is 89.5 Å². The van der Waals surface area contributed by atoms with Crippen molar-refractivity contribution < 1.29 is 14.6 Å². The Morgan fingerprint density at radius 3 is 2.47 bits per heavy atom. The van der Waals surface area contributed by atoms with Gasteiger partial charge in [0.25, 0.3) is 0 Å². The van der Waals surface area contributed by atoms with E-state index in [-0.39, 0.29) is 5.92 Å². The zero-order valence-corrected chi connectivity index (χ0v) is 8.64. The second kappa shape index (κ2) is 3.97. The maximum Gasteiger partial charge on any atom is 0.345 e. The largest absolute Gasteiger partial charge is 0.478 e. The molecule has 1 aromatic carbocycles. The van der Waals surface area contributed by atoms with Crippen LogP contribution >= 0.6 is 0 Å². The standard InChI is InChI=1S/C11H13BO3/c12-8-3-5-9(6-4-8)15-10(11(13)14)7-1-2-7/h3-7,10H,1-2,12H2,(H,13,14). The average molecular weight is 204 g/mol. The smallest absolute Gasteiger partial charge is 0.345 e. The normalized spacial score (nSPS) is 17.1. The predicted molar refractivity (Wildman–Crippen MR) is 59.4 cm³/mol. The molecule has 0 spiro atoms. The van der Waals surface area contributed by atoms with Gasteiger partial charge in [-0.15, -0.1) is 0 Å². The molecule has 0 amide bonds. The highest BCUT2D eigenvalue weighted by Crippen LogP contribution is 2.34. The summed E-state index contributed by atoms with van der Waals surface area (Å²) in [5, 5.41) is 8.97. The summed E-state index contributed by atoms with van der Waals surface area (Å²) in [7, 11) is 1.99. The fraction of sp³-hybridized carbons (Fsp3) is 0.364. The maximum absolute atomic E-state index is 10.9. The van der Waals surface area contributed by atoms with Crippen LogP contribution in [0.1, 0.15) is 12.8 Å². The first-order valence-electron chi connectivity index (χ1n) is 5.13. The number of ether oxygens (including phenoxy) is 1. The van der Waals surface area contributed by atoms with Gasteiger partial charge >= 0.3 is 5.97 Å². The van der Waals surface area contributed by atoms with E-state index in [2.05, 4.69) is 0 Å². The van der Waals surface area contributed by atoms with Crippen LogP contribution in [-0.4, -0.2) is 25.0 Å². The molecule has 3 nitrogen and oxygen atoms in total. The van der Waals surface area contributed by atoms with Crippen molar-refractivity contribution >= 4 is 19.3 Å². The third-order valence-electron chi connectivity index (χ3n) is 2.58. The van der Waals surface area contributed by atoms with Gasteiger partial charge in [-0.3, -0.25) is 0 Å². The van der Waals surface area contributed by atoms with E-state index in [0.717, 1.165) is 18.3 Å². The monoisotopic (exact) mass is 204 g/mol. The minimum Gasteiger partial charge on any atom is -0.478 e. The van der Waals surface area contributed by atoms with E-state index >= 15 is 0 Å². The second-order valence-electron chi connectivity index (χ2n) is 4.03. The van der Waals surface area contributed by atoms with Gasteiger partial charge in [-0.2, -0.15) is 0 Å². The SMILES string of the molecule is Bc1ccc(OC(C(=O)O)C2CC2)cc1. The van der Waals surface area contributed by atoms with Crippen molar-refractivity contribution in [1.29, 1.82) is 0 Å². The molecule has 1 atom stereocenters. The number of rotatable bonds is 4. The van der Waals surface area contributed by atoms with Crippen molar-refractivity contribution in [3.63, 3.8) is 0 Å². The number of aliphatic carboxylic acids is 1. The molecule has 1 saturated carbocycles. The Hall–Kier alpha value is -1.45. The van der Waals surface area contributed by atoms with E-state index in [1.807, 2.05) is 32.1 Å². The fourth-order valence-electron chi connectivity index (χ4n) is 1.51. The average Bonchev–Trinajstić information content (AvgIpc) is 3.00. The Bertz CT molecular complexity index is 357. The van der Waals surface area contributed by atoms with Gasteiger partial charge < -0.3 is 9.84 Å². The molecule has 0 aliphatic heterocycles. The molecular formula is C11H13BO3. The van der Waals surface area contributed by atoms with Crippen LogP contribution in [0.25, 0.3) is 0 Å². The minimum atomic E-state index is -0.863. The van der Waals surface area contributed by atoms with Gasteiger partial charge in [0, 0.05) is 5.92 Å². The first-order chi connectivity index (χ1) is 7.16. The van der Waals surface area contributed by atoms with Gasteiger partial charge in [-0.25, -0.2) is 4.79 Å². The summed E-state index contributed by atoms with van der Waals surface area (Å²) in [6.45, 7) is 0. The van der Waals surface area contributed by atoms with Gasteiger partial charge in [0.05, 0.1) is 0 Å². The first kappa shape index (κ1) is 10.1. The number of hydrogen-bond acceptors (Lipinski definition) is 2. The highest BCUT2D eigenvalue weighted by atomic mass is 16.5. The lowest BCUT2D eigenvalue weighted by atomic mass is 9.97. The Morgan fingerprint density at radius 2 is 2.00 bits per heavy atom. The van der Waals surface area contributed by atoms with Crippen LogP contribution in [0.2, 0.25) is 0 Å². The summed E-state index contributed by atoms with van der Waals surface area (Å²) in [5.74, 6) is -0.0261. The molecule has 0 aromatic heterocycles. The quantitative estimate of drug-likeness (QED) is 0.712. The summed E-state index contributed by atoms with van der Waals surface area (Å²) in [6, 6.07) is 7.46. The predicted octanol–water partition coefficient (Wildman–Crippen LogP) is 0.187. The molecule has 0 radical (unpaired) electrons. The molecule has 1 unspecified atom stereocenters. The molecule has 4 heteroatoms. The number of benzene rings is 1. The molecule has 15 heavy (non-hydrogen) atoms. The van der Waals surface area contributed by atoms with Crippen LogP contribution in [0.5, 0.6) is 5.75 Å². The van der Waals surface area contributed by atoms with Crippen LogP contribution in [0, 0.1) is 5.92 Å². The molecular weight excluding hydrogens is 191 g/mol. The molecule has 1 fully saturated rings. The van der Waals surface area contributed by atoms with E-state index in [0.29, 0.717) is 5.75 Å². The molecule has 0 saturated heterocycles. The van der Waals surface area contributed by atoms with Gasteiger partial charge in [0.1, 0.15) is 13.6 Å². The highest BCUT2D eigenvalue weighted by Gasteiger charge is 2.38. The summed E-state index contributed by atoms with van der Waals surface area (Å²) in [5.41, 5.74) is 1.14. The number of carbonyl (C=O) groups is 1. The van der Waals surface area contributed by atoms with Crippen LogP contribution in [-0.2, 0) is 4.79 Å². The van der Waals surface area contributed by atoms with Gasteiger partial charge in [0.15, 0.2) is 6.10 Å². The summed E-state index contributed by atoms with van der Waals surface area (Å²) in [6.07, 6.45) is 1.25. The number of carboxylic acid groups (broad SMARTS) is 1. The van der Waals surface area contributed by atoms with Crippen molar-refractivity contribution in [1.82, 2.24) is 0 Å². The molecule has 1 aliphatic carbocycles. The van der Waals surface area contributed by atoms with Crippen LogP contribution in [0.4, 0.5) is 0 Å². The maximum atomic E-state index is 10.9. The van der Waals surface area contributed by atoms with Gasteiger partial charge in [-0.1, -0.05) is 17.6 Å². The van der Waals surface area contributed by atoms with Crippen molar-refractivity contribution in [2.24, 2.45) is 5.92 Å². The van der Waals surface area contributed by atoms with Crippen LogP contribution < -0.4 is 10.2 Å². The Morgan fingerprint density at radius 1 is 1.40 bits per heavy atom. The molecule has 1 aromatic rings. The van der Waals surface area contributed by atoms with E-state index in [1.54, 1.807) is 0 Å². The lowest BCUT2D eigenvalue weighted by Crippen LogP contribution is -2.29. The van der Waals surface area contributed by atoms with Crippen molar-refractivity contribution in [3.05, 3.63) is 24.3 Å². The second-order valence-corrected chi connectivity index (χ2v) is 4.03. The highest BCUT2D eigenvalue weighted by molar-refractivity contribution is 6.32. The molecule has 1 aliphatic rings. The third kappa shape index (κ3) is 2.52. The van der Waals surface area contributed by atoms with E-state index in [4.69, 9.17) is 9.84 Å². The van der Waals surface area contributed by atoms with Crippen molar-refractivity contribution in [2.45, 2.75) is 18.9 Å². The number of carboxylic acids is 1. The van der Waals surface area contributed by atoms with Crippen molar-refractivity contribution in [3.8, 4) is 5.75 Å². The molecule has 1 N–H and O–H groups in total. The topological polar surface area (TPSA) is 46.5 Å². The molecule has 78 valence electrons. The van der Waals surface area contributed by atoms with Gasteiger partial charge in [-0.05, 0) is 25.0 Å². The zero-order chi connectivity index (χ0) is 10.8. The van der Waals surface area contributed by atoms with Crippen molar-refractivity contribution in [2.75, 3.05) is 0 Å². The lowest BCUT2D eigenvalue weighted by Gasteiger charge is -2.14.